The number of nitrogens with zero attached hydrogens (tertiary/aromatic N) is 1. The van der Waals surface area contributed by atoms with E-state index in [0.717, 1.165) is 52.1 Å². The molecule has 1 aliphatic rings. The zero-order valence-corrected chi connectivity index (χ0v) is 11.9. The lowest BCUT2D eigenvalue weighted by atomic mass is 10.1. The summed E-state index contributed by atoms with van der Waals surface area (Å²) in [4.78, 5) is 13.3. The molecule has 0 aliphatic carbocycles. The first kappa shape index (κ1) is 16.0. The van der Waals surface area contributed by atoms with Crippen LogP contribution >= 0.6 is 0 Å². The molecule has 1 heterocycles. The SMILES string of the molecule is C=CCCOCCNC1CCN(C(=O)OCC)CC1. The molecule has 1 rings (SSSR count). The lowest BCUT2D eigenvalue weighted by Gasteiger charge is -2.31. The Morgan fingerprint density at radius 1 is 1.42 bits per heavy atom. The first-order valence-corrected chi connectivity index (χ1v) is 7.11. The second-order valence-electron chi connectivity index (χ2n) is 4.60. The van der Waals surface area contributed by atoms with Gasteiger partial charge in [0.25, 0.3) is 0 Å². The molecular weight excluding hydrogens is 244 g/mol. The molecule has 0 saturated carbocycles. The Kier molecular flexibility index (Phi) is 8.25. The normalized spacial score (nSPS) is 16.4. The zero-order valence-electron chi connectivity index (χ0n) is 11.9. The standard InChI is InChI=1S/C14H26N2O3/c1-3-5-11-18-12-8-15-13-6-9-16(10-7-13)14(17)19-4-2/h3,13,15H,1,4-12H2,2H3. The maximum Gasteiger partial charge on any atom is 0.409 e. The summed E-state index contributed by atoms with van der Waals surface area (Å²) in [6, 6.07) is 0.480. The molecule has 0 aromatic carbocycles. The third-order valence-corrected chi connectivity index (χ3v) is 3.17. The molecule has 19 heavy (non-hydrogen) atoms. The third kappa shape index (κ3) is 6.59. The van der Waals surface area contributed by atoms with E-state index in [2.05, 4.69) is 11.9 Å². The fraction of sp³-hybridized carbons (Fsp3) is 0.786. The average Bonchev–Trinajstić information content (AvgIpc) is 2.43. The number of likely N-dealkylation sites (tertiary alicyclic amines) is 1. The van der Waals surface area contributed by atoms with E-state index < -0.39 is 0 Å². The molecule has 1 saturated heterocycles. The van der Waals surface area contributed by atoms with Gasteiger partial charge in [-0.2, -0.15) is 0 Å². The van der Waals surface area contributed by atoms with Crippen molar-refractivity contribution in [3.8, 4) is 0 Å². The van der Waals surface area contributed by atoms with Crippen LogP contribution in [-0.4, -0.2) is 56.5 Å². The number of hydrogen-bond acceptors (Lipinski definition) is 4. The maximum absolute atomic E-state index is 11.5. The number of hydrogen-bond donors (Lipinski definition) is 1. The van der Waals surface area contributed by atoms with Crippen LogP contribution in [0.15, 0.2) is 12.7 Å². The van der Waals surface area contributed by atoms with E-state index in [1.807, 2.05) is 13.0 Å². The minimum absolute atomic E-state index is 0.186. The molecule has 1 fully saturated rings. The molecule has 0 aromatic heterocycles. The molecule has 0 bridgehead atoms. The highest BCUT2D eigenvalue weighted by Crippen LogP contribution is 2.11. The number of nitrogens with one attached hydrogen (secondary N) is 1. The van der Waals surface area contributed by atoms with Gasteiger partial charge in [-0.15, -0.1) is 6.58 Å². The maximum atomic E-state index is 11.5. The van der Waals surface area contributed by atoms with Crippen molar-refractivity contribution in [2.75, 3.05) is 39.5 Å². The van der Waals surface area contributed by atoms with Gasteiger partial charge in [-0.1, -0.05) is 6.08 Å². The monoisotopic (exact) mass is 270 g/mol. The molecule has 0 unspecified atom stereocenters. The van der Waals surface area contributed by atoms with Gasteiger partial charge in [-0.05, 0) is 26.2 Å². The van der Waals surface area contributed by atoms with Crippen LogP contribution < -0.4 is 5.32 Å². The summed E-state index contributed by atoms with van der Waals surface area (Å²) in [6.07, 6.45) is 4.53. The summed E-state index contributed by atoms with van der Waals surface area (Å²) in [5, 5.41) is 3.46. The fourth-order valence-electron chi connectivity index (χ4n) is 2.08. The molecule has 0 atom stereocenters. The van der Waals surface area contributed by atoms with Crippen molar-refractivity contribution in [1.82, 2.24) is 10.2 Å². The Bertz CT molecular complexity index is 263. The van der Waals surface area contributed by atoms with Crippen LogP contribution in [0.1, 0.15) is 26.2 Å². The Labute approximate surface area is 115 Å². The van der Waals surface area contributed by atoms with Crippen LogP contribution in [-0.2, 0) is 9.47 Å². The van der Waals surface area contributed by atoms with Gasteiger partial charge in [0.05, 0.1) is 19.8 Å². The van der Waals surface area contributed by atoms with E-state index in [1.54, 1.807) is 4.90 Å². The minimum Gasteiger partial charge on any atom is -0.450 e. The number of carbonyl (C=O) groups excluding carboxylic acids is 1. The van der Waals surface area contributed by atoms with E-state index in [-0.39, 0.29) is 6.09 Å². The number of piperidine rings is 1. The predicted octanol–water partition coefficient (Wildman–Crippen LogP) is 1.79. The predicted molar refractivity (Wildman–Crippen MR) is 75.3 cm³/mol. The Balaban J connectivity index is 2.03. The van der Waals surface area contributed by atoms with Crippen molar-refractivity contribution < 1.29 is 14.3 Å². The second kappa shape index (κ2) is 9.81. The van der Waals surface area contributed by atoms with E-state index in [9.17, 15) is 4.79 Å². The van der Waals surface area contributed by atoms with Crippen LogP contribution in [0.5, 0.6) is 0 Å². The molecule has 0 spiro atoms. The van der Waals surface area contributed by atoms with Crippen molar-refractivity contribution in [1.29, 1.82) is 0 Å². The number of amides is 1. The molecule has 1 N–H and O–H groups in total. The van der Waals surface area contributed by atoms with Gasteiger partial charge in [-0.3, -0.25) is 0 Å². The largest absolute Gasteiger partial charge is 0.450 e. The van der Waals surface area contributed by atoms with Crippen molar-refractivity contribution in [3.63, 3.8) is 0 Å². The molecule has 5 nitrogen and oxygen atoms in total. The zero-order chi connectivity index (χ0) is 13.9. The van der Waals surface area contributed by atoms with Gasteiger partial charge >= 0.3 is 6.09 Å². The summed E-state index contributed by atoms with van der Waals surface area (Å²) in [5.41, 5.74) is 0. The van der Waals surface area contributed by atoms with E-state index in [1.165, 1.54) is 0 Å². The summed E-state index contributed by atoms with van der Waals surface area (Å²) < 4.78 is 10.4. The van der Waals surface area contributed by atoms with Crippen LogP contribution in [0.4, 0.5) is 4.79 Å². The highest BCUT2D eigenvalue weighted by molar-refractivity contribution is 5.67. The van der Waals surface area contributed by atoms with Crippen molar-refractivity contribution in [2.24, 2.45) is 0 Å². The van der Waals surface area contributed by atoms with Gasteiger partial charge in [0, 0.05) is 25.7 Å². The summed E-state index contributed by atoms with van der Waals surface area (Å²) in [7, 11) is 0. The van der Waals surface area contributed by atoms with Gasteiger partial charge in [0.1, 0.15) is 0 Å². The smallest absolute Gasteiger partial charge is 0.409 e. The summed E-state index contributed by atoms with van der Waals surface area (Å²) in [5.74, 6) is 0. The van der Waals surface area contributed by atoms with Crippen LogP contribution in [0.2, 0.25) is 0 Å². The topological polar surface area (TPSA) is 50.8 Å². The van der Waals surface area contributed by atoms with Crippen LogP contribution in [0.3, 0.4) is 0 Å². The van der Waals surface area contributed by atoms with Gasteiger partial charge < -0.3 is 19.7 Å². The van der Waals surface area contributed by atoms with Crippen LogP contribution in [0.25, 0.3) is 0 Å². The quantitative estimate of drug-likeness (QED) is 0.539. The lowest BCUT2D eigenvalue weighted by molar-refractivity contribution is 0.0929. The number of carbonyl (C=O) groups is 1. The van der Waals surface area contributed by atoms with Gasteiger partial charge in [-0.25, -0.2) is 4.79 Å². The summed E-state index contributed by atoms with van der Waals surface area (Å²) in [6.45, 7) is 9.80. The van der Waals surface area contributed by atoms with Crippen molar-refractivity contribution in [2.45, 2.75) is 32.2 Å². The van der Waals surface area contributed by atoms with Gasteiger partial charge in [0.15, 0.2) is 0 Å². The first-order valence-electron chi connectivity index (χ1n) is 7.11. The molecule has 1 aliphatic heterocycles. The molecule has 0 radical (unpaired) electrons. The minimum atomic E-state index is -0.186. The highest BCUT2D eigenvalue weighted by Gasteiger charge is 2.22. The first-order chi connectivity index (χ1) is 9.27. The van der Waals surface area contributed by atoms with Crippen LogP contribution in [0, 0.1) is 0 Å². The lowest BCUT2D eigenvalue weighted by Crippen LogP contribution is -2.45. The Hall–Kier alpha value is -1.07. The van der Waals surface area contributed by atoms with E-state index >= 15 is 0 Å². The highest BCUT2D eigenvalue weighted by atomic mass is 16.6. The molecule has 1 amide bonds. The molecule has 110 valence electrons. The fourth-order valence-corrected chi connectivity index (χ4v) is 2.08. The third-order valence-electron chi connectivity index (χ3n) is 3.17. The molecular formula is C14H26N2O3. The van der Waals surface area contributed by atoms with E-state index in [4.69, 9.17) is 9.47 Å². The second-order valence-corrected chi connectivity index (χ2v) is 4.60. The van der Waals surface area contributed by atoms with Crippen molar-refractivity contribution >= 4 is 6.09 Å². The van der Waals surface area contributed by atoms with Crippen molar-refractivity contribution in [3.05, 3.63) is 12.7 Å². The summed E-state index contributed by atoms with van der Waals surface area (Å²) >= 11 is 0. The van der Waals surface area contributed by atoms with E-state index in [0.29, 0.717) is 12.6 Å². The molecule has 5 heteroatoms. The van der Waals surface area contributed by atoms with Gasteiger partial charge in [0.2, 0.25) is 0 Å². The Morgan fingerprint density at radius 3 is 2.79 bits per heavy atom. The number of ether oxygens (including phenoxy) is 2. The molecule has 0 aromatic rings. The Morgan fingerprint density at radius 2 is 2.16 bits per heavy atom. The average molecular weight is 270 g/mol. The number of rotatable bonds is 8.